The summed E-state index contributed by atoms with van der Waals surface area (Å²) < 4.78 is 33.6. The van der Waals surface area contributed by atoms with Crippen LogP contribution in [0.5, 0.6) is 0 Å². The lowest BCUT2D eigenvalue weighted by atomic mass is 10.0. The van der Waals surface area contributed by atoms with E-state index in [4.69, 9.17) is 4.74 Å². The minimum atomic E-state index is -3.71. The molecule has 0 bridgehead atoms. The Labute approximate surface area is 181 Å². The topological polar surface area (TPSA) is 101 Å². The summed E-state index contributed by atoms with van der Waals surface area (Å²) in [5.41, 5.74) is 2.06. The molecule has 8 nitrogen and oxygen atoms in total. The lowest BCUT2D eigenvalue weighted by Gasteiger charge is -2.17. The van der Waals surface area contributed by atoms with Gasteiger partial charge in [-0.25, -0.2) is 13.2 Å². The largest absolute Gasteiger partial charge is 0.450 e. The first-order chi connectivity index (χ1) is 14.6. The van der Waals surface area contributed by atoms with E-state index in [0.29, 0.717) is 24.3 Å². The van der Waals surface area contributed by atoms with Gasteiger partial charge in [0.25, 0.3) is 0 Å². The number of aryl methyl sites for hydroxylation is 2. The zero-order valence-electron chi connectivity index (χ0n) is 18.3. The van der Waals surface area contributed by atoms with Gasteiger partial charge < -0.3 is 14.3 Å². The van der Waals surface area contributed by atoms with E-state index >= 15 is 0 Å². The minimum Gasteiger partial charge on any atom is -0.450 e. The lowest BCUT2D eigenvalue weighted by Crippen LogP contribution is -2.30. The van der Waals surface area contributed by atoms with Gasteiger partial charge in [-0.1, -0.05) is 32.0 Å². The Balaban J connectivity index is 1.84. The third-order valence-corrected chi connectivity index (χ3v) is 7.34. The number of carbonyl (C=O) groups excluding carboxylic acids is 2. The van der Waals surface area contributed by atoms with E-state index < -0.39 is 22.1 Å². The number of carbonyl (C=O) groups is 2. The van der Waals surface area contributed by atoms with Crippen LogP contribution in [0, 0.1) is 6.92 Å². The van der Waals surface area contributed by atoms with E-state index in [2.05, 4.69) is 4.98 Å². The van der Waals surface area contributed by atoms with Crippen molar-refractivity contribution in [3.63, 3.8) is 0 Å². The number of hydrogen-bond donors (Lipinski definition) is 1. The molecule has 9 heteroatoms. The minimum absolute atomic E-state index is 0.0112. The highest BCUT2D eigenvalue weighted by Gasteiger charge is 2.29. The molecule has 2 aromatic heterocycles. The summed E-state index contributed by atoms with van der Waals surface area (Å²) in [7, 11) is -2.15. The molecule has 1 aromatic carbocycles. The Morgan fingerprint density at radius 3 is 2.48 bits per heavy atom. The second-order valence-corrected chi connectivity index (χ2v) is 9.28. The molecule has 0 aliphatic carbocycles. The molecular weight excluding hydrogens is 418 g/mol. The van der Waals surface area contributed by atoms with Crippen molar-refractivity contribution in [3.05, 3.63) is 53.5 Å². The number of H-pyrrole nitrogens is 1. The number of sulfonamides is 1. The van der Waals surface area contributed by atoms with Gasteiger partial charge in [0.05, 0.1) is 0 Å². The van der Waals surface area contributed by atoms with Crippen molar-refractivity contribution >= 4 is 32.7 Å². The highest BCUT2D eigenvalue weighted by molar-refractivity contribution is 7.89. The number of para-hydroxylation sites is 1. The van der Waals surface area contributed by atoms with Gasteiger partial charge in [-0.2, -0.15) is 4.31 Å². The van der Waals surface area contributed by atoms with E-state index in [9.17, 15) is 18.0 Å². The third-order valence-electron chi connectivity index (χ3n) is 5.33. The number of nitrogens with one attached hydrogen (secondary N) is 1. The number of Topliss-reactive ketones (excluding diaryl/α,β-unsaturated/α-hetero) is 1. The number of nitrogens with zero attached hydrogens (tertiary/aromatic N) is 2. The number of ketones is 1. The van der Waals surface area contributed by atoms with Gasteiger partial charge in [0, 0.05) is 48.5 Å². The summed E-state index contributed by atoms with van der Waals surface area (Å²) in [6, 6.07) is 8.70. The Morgan fingerprint density at radius 1 is 1.19 bits per heavy atom. The van der Waals surface area contributed by atoms with Crippen molar-refractivity contribution < 1.29 is 22.7 Å². The predicted molar refractivity (Wildman–Crippen MR) is 118 cm³/mol. The summed E-state index contributed by atoms with van der Waals surface area (Å²) in [6.45, 7) is 7.45. The van der Waals surface area contributed by atoms with Crippen molar-refractivity contribution in [2.24, 2.45) is 7.05 Å². The molecule has 3 rings (SSSR count). The van der Waals surface area contributed by atoms with Gasteiger partial charge in [0.15, 0.2) is 6.10 Å². The number of ether oxygens (including phenoxy) is 1. The average molecular weight is 446 g/mol. The molecule has 0 unspecified atom stereocenters. The maximum absolute atomic E-state index is 13.0. The molecular formula is C22H27N3O5S. The average Bonchev–Trinajstić information content (AvgIpc) is 3.27. The van der Waals surface area contributed by atoms with Gasteiger partial charge >= 0.3 is 5.97 Å². The van der Waals surface area contributed by atoms with Crippen LogP contribution in [0.2, 0.25) is 0 Å². The molecule has 0 spiro atoms. The first kappa shape index (κ1) is 22.8. The molecule has 0 amide bonds. The van der Waals surface area contributed by atoms with E-state index in [1.54, 1.807) is 27.8 Å². The molecule has 1 atom stereocenters. The maximum atomic E-state index is 13.0. The van der Waals surface area contributed by atoms with Crippen molar-refractivity contribution in [3.8, 4) is 0 Å². The summed E-state index contributed by atoms with van der Waals surface area (Å²) in [5, 5.41) is 0.763. The van der Waals surface area contributed by atoms with Crippen LogP contribution in [0.1, 0.15) is 47.3 Å². The van der Waals surface area contributed by atoms with Crippen molar-refractivity contribution in [2.45, 2.75) is 38.7 Å². The second kappa shape index (κ2) is 8.68. The van der Waals surface area contributed by atoms with Crippen LogP contribution in [0.15, 0.2) is 41.4 Å². The number of hydrogen-bond acceptors (Lipinski definition) is 5. The van der Waals surface area contributed by atoms with Crippen LogP contribution in [0.25, 0.3) is 10.9 Å². The molecule has 166 valence electrons. The predicted octanol–water partition coefficient (Wildman–Crippen LogP) is 3.27. The van der Waals surface area contributed by atoms with E-state index in [-0.39, 0.29) is 16.4 Å². The fourth-order valence-electron chi connectivity index (χ4n) is 3.66. The van der Waals surface area contributed by atoms with Crippen LogP contribution in [-0.2, 0) is 21.8 Å². The fourth-order valence-corrected chi connectivity index (χ4v) is 5.19. The normalized spacial score (nSPS) is 13.0. The van der Waals surface area contributed by atoms with Gasteiger partial charge in [0.1, 0.15) is 10.6 Å². The maximum Gasteiger partial charge on any atom is 0.355 e. The Kier molecular flexibility index (Phi) is 6.38. The molecule has 31 heavy (non-hydrogen) atoms. The standard InChI is InChI=1S/C22H27N3O5S/c1-6-25(7-2)31(28,29)16-12-19(24(5)13-16)22(27)30-15(4)21(26)20-14(3)23-18-11-9-8-10-17(18)20/h8-13,15,23H,6-7H2,1-5H3/t15-/m0/s1. The first-order valence-corrected chi connectivity index (χ1v) is 11.5. The van der Waals surface area contributed by atoms with Gasteiger partial charge in [-0.05, 0) is 26.0 Å². The molecule has 2 heterocycles. The first-order valence-electron chi connectivity index (χ1n) is 10.1. The number of esters is 1. The quantitative estimate of drug-likeness (QED) is 0.424. The summed E-state index contributed by atoms with van der Waals surface area (Å²) in [4.78, 5) is 28.9. The van der Waals surface area contributed by atoms with Gasteiger partial charge in [0.2, 0.25) is 15.8 Å². The smallest absolute Gasteiger partial charge is 0.355 e. The molecule has 0 saturated carbocycles. The molecule has 0 fully saturated rings. The molecule has 0 saturated heterocycles. The SMILES string of the molecule is CCN(CC)S(=O)(=O)c1cc(C(=O)O[C@@H](C)C(=O)c2c(C)[nH]c3ccccc23)n(C)c1. The van der Waals surface area contributed by atoms with E-state index in [1.807, 2.05) is 24.3 Å². The Bertz CT molecular complexity index is 1240. The molecule has 3 aromatic rings. The zero-order valence-corrected chi connectivity index (χ0v) is 19.1. The van der Waals surface area contributed by atoms with Crippen LogP contribution < -0.4 is 0 Å². The van der Waals surface area contributed by atoms with Crippen LogP contribution in [0.4, 0.5) is 0 Å². The summed E-state index contributed by atoms with van der Waals surface area (Å²) >= 11 is 0. The van der Waals surface area contributed by atoms with Crippen LogP contribution >= 0.6 is 0 Å². The Morgan fingerprint density at radius 2 is 1.84 bits per heavy atom. The number of rotatable bonds is 8. The zero-order chi connectivity index (χ0) is 22.9. The van der Waals surface area contributed by atoms with Crippen molar-refractivity contribution in [1.29, 1.82) is 0 Å². The number of aromatic amines is 1. The van der Waals surface area contributed by atoms with Gasteiger partial charge in [-0.15, -0.1) is 0 Å². The molecule has 1 N–H and O–H groups in total. The van der Waals surface area contributed by atoms with Gasteiger partial charge in [-0.3, -0.25) is 4.79 Å². The third kappa shape index (κ3) is 4.15. The fraction of sp³-hybridized carbons (Fsp3) is 0.364. The number of aromatic nitrogens is 2. The van der Waals surface area contributed by atoms with Crippen molar-refractivity contribution in [2.75, 3.05) is 13.1 Å². The van der Waals surface area contributed by atoms with E-state index in [0.717, 1.165) is 10.9 Å². The molecule has 0 aliphatic heterocycles. The number of benzene rings is 1. The molecule has 0 radical (unpaired) electrons. The lowest BCUT2D eigenvalue weighted by molar-refractivity contribution is 0.0310. The monoisotopic (exact) mass is 445 g/mol. The van der Waals surface area contributed by atoms with E-state index in [1.165, 1.54) is 28.1 Å². The second-order valence-electron chi connectivity index (χ2n) is 7.34. The van der Waals surface area contributed by atoms with Crippen molar-refractivity contribution in [1.82, 2.24) is 13.9 Å². The highest BCUT2D eigenvalue weighted by Crippen LogP contribution is 2.25. The Hall–Kier alpha value is -2.91. The highest BCUT2D eigenvalue weighted by atomic mass is 32.2. The summed E-state index contributed by atoms with van der Waals surface area (Å²) in [5.74, 6) is -1.09. The molecule has 0 aliphatic rings. The van der Waals surface area contributed by atoms with Crippen LogP contribution in [0.3, 0.4) is 0 Å². The summed E-state index contributed by atoms with van der Waals surface area (Å²) in [6.07, 6.45) is 0.337. The number of fused-ring (bicyclic) bond motifs is 1. The van der Waals surface area contributed by atoms with Crippen LogP contribution in [-0.4, -0.2) is 53.2 Å².